The van der Waals surface area contributed by atoms with Crippen molar-refractivity contribution < 1.29 is 9.42 Å². The van der Waals surface area contributed by atoms with Crippen molar-refractivity contribution in [2.75, 3.05) is 13.1 Å². The molecule has 1 N–H and O–H groups in total. The Morgan fingerprint density at radius 2 is 2.11 bits per heavy atom. The van der Waals surface area contributed by atoms with Gasteiger partial charge in [-0.05, 0) is 31.9 Å². The average molecular weight is 368 g/mol. The molecule has 0 radical (unpaired) electrons. The SMILES string of the molecule is Cc1nonc1CC(=O)N1CCC[C@H](c2n[nH]c(=O)n2-c2ccccc2)C1. The van der Waals surface area contributed by atoms with E-state index in [1.54, 1.807) is 16.4 Å². The summed E-state index contributed by atoms with van der Waals surface area (Å²) in [7, 11) is 0. The maximum Gasteiger partial charge on any atom is 0.347 e. The number of aromatic amines is 1. The van der Waals surface area contributed by atoms with Crippen LogP contribution < -0.4 is 5.69 Å². The summed E-state index contributed by atoms with van der Waals surface area (Å²) in [5.74, 6) is 0.615. The normalized spacial score (nSPS) is 17.2. The van der Waals surface area contributed by atoms with Crippen molar-refractivity contribution in [3.8, 4) is 5.69 Å². The number of aryl methyl sites for hydroxylation is 1. The zero-order valence-corrected chi connectivity index (χ0v) is 15.0. The van der Waals surface area contributed by atoms with Crippen LogP contribution in [-0.2, 0) is 11.2 Å². The van der Waals surface area contributed by atoms with Crippen molar-refractivity contribution in [1.29, 1.82) is 0 Å². The molecule has 1 fully saturated rings. The largest absolute Gasteiger partial charge is 0.347 e. The van der Waals surface area contributed by atoms with Crippen LogP contribution in [-0.4, -0.2) is 49.0 Å². The Kier molecular flexibility index (Phi) is 4.57. The molecule has 1 aromatic carbocycles. The van der Waals surface area contributed by atoms with Crippen molar-refractivity contribution in [2.45, 2.75) is 32.1 Å². The van der Waals surface area contributed by atoms with Gasteiger partial charge in [-0.1, -0.05) is 28.5 Å². The summed E-state index contributed by atoms with van der Waals surface area (Å²) in [6.45, 7) is 2.96. The summed E-state index contributed by atoms with van der Waals surface area (Å²) in [5, 5.41) is 14.3. The van der Waals surface area contributed by atoms with E-state index in [1.807, 2.05) is 30.3 Å². The van der Waals surface area contributed by atoms with E-state index in [1.165, 1.54) is 0 Å². The highest BCUT2D eigenvalue weighted by molar-refractivity contribution is 5.78. The minimum Gasteiger partial charge on any atom is -0.342 e. The monoisotopic (exact) mass is 368 g/mol. The Morgan fingerprint density at radius 3 is 2.85 bits per heavy atom. The van der Waals surface area contributed by atoms with Gasteiger partial charge < -0.3 is 4.90 Å². The molecule has 1 aliphatic heterocycles. The van der Waals surface area contributed by atoms with Crippen molar-refractivity contribution >= 4 is 5.91 Å². The number of benzene rings is 1. The topological polar surface area (TPSA) is 110 Å². The van der Waals surface area contributed by atoms with Gasteiger partial charge in [0.25, 0.3) is 0 Å². The van der Waals surface area contributed by atoms with Crippen molar-refractivity contribution in [2.24, 2.45) is 0 Å². The van der Waals surface area contributed by atoms with Gasteiger partial charge >= 0.3 is 5.69 Å². The van der Waals surface area contributed by atoms with Gasteiger partial charge in [-0.15, -0.1) is 0 Å². The van der Waals surface area contributed by atoms with Crippen LogP contribution in [0.5, 0.6) is 0 Å². The standard InChI is InChI=1S/C18H20N6O3/c1-12-15(22-27-21-12)10-16(25)23-9-5-6-13(11-23)17-19-20-18(26)24(17)14-7-3-2-4-8-14/h2-4,7-8,13H,5-6,9-11H2,1H3,(H,20,26)/t13-/m0/s1. The maximum absolute atomic E-state index is 12.7. The van der Waals surface area contributed by atoms with Gasteiger partial charge in [-0.2, -0.15) is 5.10 Å². The molecule has 0 unspecified atom stereocenters. The fourth-order valence-electron chi connectivity index (χ4n) is 3.49. The predicted molar refractivity (Wildman–Crippen MR) is 95.5 cm³/mol. The number of likely N-dealkylation sites (tertiary alicyclic amines) is 1. The number of carbonyl (C=O) groups is 1. The molecule has 3 heterocycles. The molecule has 0 spiro atoms. The van der Waals surface area contributed by atoms with Crippen LogP contribution in [0.15, 0.2) is 39.8 Å². The van der Waals surface area contributed by atoms with Crippen molar-refractivity contribution in [1.82, 2.24) is 30.0 Å². The maximum atomic E-state index is 12.7. The number of hydrogen-bond acceptors (Lipinski definition) is 6. The molecule has 9 nitrogen and oxygen atoms in total. The van der Waals surface area contributed by atoms with E-state index in [2.05, 4.69) is 25.1 Å². The van der Waals surface area contributed by atoms with E-state index >= 15 is 0 Å². The van der Waals surface area contributed by atoms with Gasteiger partial charge in [0, 0.05) is 19.0 Å². The zero-order chi connectivity index (χ0) is 18.8. The molecule has 140 valence electrons. The van der Waals surface area contributed by atoms with Crippen LogP contribution in [0.25, 0.3) is 5.69 Å². The number of nitrogens with zero attached hydrogens (tertiary/aromatic N) is 5. The Morgan fingerprint density at radius 1 is 1.30 bits per heavy atom. The lowest BCUT2D eigenvalue weighted by atomic mass is 9.96. The number of rotatable bonds is 4. The van der Waals surface area contributed by atoms with Gasteiger partial charge in [0.1, 0.15) is 17.2 Å². The third-order valence-electron chi connectivity index (χ3n) is 4.92. The molecule has 2 aromatic heterocycles. The minimum absolute atomic E-state index is 0.0154. The molecule has 1 aliphatic rings. The van der Waals surface area contributed by atoms with Crippen LogP contribution in [0.1, 0.15) is 36.0 Å². The molecular formula is C18H20N6O3. The fraction of sp³-hybridized carbons (Fsp3) is 0.389. The molecule has 1 saturated heterocycles. The number of nitrogens with one attached hydrogen (secondary N) is 1. The molecule has 27 heavy (non-hydrogen) atoms. The molecule has 0 saturated carbocycles. The summed E-state index contributed by atoms with van der Waals surface area (Å²) in [4.78, 5) is 26.8. The molecular weight excluding hydrogens is 348 g/mol. The second kappa shape index (κ2) is 7.18. The minimum atomic E-state index is -0.274. The Labute approximate surface area is 155 Å². The Hall–Kier alpha value is -3.23. The van der Waals surface area contributed by atoms with E-state index < -0.39 is 0 Å². The Bertz CT molecular complexity index is 990. The highest BCUT2D eigenvalue weighted by Crippen LogP contribution is 2.26. The predicted octanol–water partition coefficient (Wildman–Crippen LogP) is 1.20. The number of piperidine rings is 1. The van der Waals surface area contributed by atoms with E-state index in [4.69, 9.17) is 0 Å². The summed E-state index contributed by atoms with van der Waals surface area (Å²) in [6, 6.07) is 9.39. The first-order chi connectivity index (χ1) is 13.1. The first-order valence-corrected chi connectivity index (χ1v) is 8.92. The van der Waals surface area contributed by atoms with Crippen LogP contribution in [0.3, 0.4) is 0 Å². The lowest BCUT2D eigenvalue weighted by Gasteiger charge is -2.32. The zero-order valence-electron chi connectivity index (χ0n) is 15.0. The van der Waals surface area contributed by atoms with E-state index in [-0.39, 0.29) is 23.9 Å². The third kappa shape index (κ3) is 3.40. The molecule has 4 rings (SSSR count). The van der Waals surface area contributed by atoms with Gasteiger partial charge in [0.15, 0.2) is 0 Å². The van der Waals surface area contributed by atoms with E-state index in [9.17, 15) is 9.59 Å². The number of H-pyrrole nitrogens is 1. The van der Waals surface area contributed by atoms with Gasteiger partial charge in [0.05, 0.1) is 12.1 Å². The number of aromatic nitrogens is 5. The summed E-state index contributed by atoms with van der Waals surface area (Å²) in [5.41, 5.74) is 1.67. The van der Waals surface area contributed by atoms with Gasteiger partial charge in [0.2, 0.25) is 5.91 Å². The van der Waals surface area contributed by atoms with Crippen LogP contribution in [0.2, 0.25) is 0 Å². The molecule has 9 heteroatoms. The van der Waals surface area contributed by atoms with Crippen molar-refractivity contribution in [3.63, 3.8) is 0 Å². The number of para-hydroxylation sites is 1. The van der Waals surface area contributed by atoms with Crippen LogP contribution >= 0.6 is 0 Å². The van der Waals surface area contributed by atoms with E-state index in [0.29, 0.717) is 30.3 Å². The first kappa shape index (κ1) is 17.2. The summed E-state index contributed by atoms with van der Waals surface area (Å²) in [6.07, 6.45) is 1.88. The number of hydrogen-bond donors (Lipinski definition) is 1. The molecule has 0 aliphatic carbocycles. The highest BCUT2D eigenvalue weighted by Gasteiger charge is 2.29. The second-order valence-corrected chi connectivity index (χ2v) is 6.71. The molecule has 0 bridgehead atoms. The van der Waals surface area contributed by atoms with Crippen molar-refractivity contribution in [3.05, 3.63) is 58.0 Å². The van der Waals surface area contributed by atoms with Gasteiger partial charge in [-0.3, -0.25) is 4.79 Å². The lowest BCUT2D eigenvalue weighted by Crippen LogP contribution is -2.40. The molecule has 1 amide bonds. The quantitative estimate of drug-likeness (QED) is 0.741. The second-order valence-electron chi connectivity index (χ2n) is 6.71. The third-order valence-corrected chi connectivity index (χ3v) is 4.92. The summed E-state index contributed by atoms with van der Waals surface area (Å²) >= 11 is 0. The molecule has 1 atom stereocenters. The van der Waals surface area contributed by atoms with Gasteiger partial charge in [-0.25, -0.2) is 19.1 Å². The first-order valence-electron chi connectivity index (χ1n) is 8.92. The Balaban J connectivity index is 1.55. The van der Waals surface area contributed by atoms with E-state index in [0.717, 1.165) is 18.5 Å². The average Bonchev–Trinajstić information content (AvgIpc) is 3.28. The summed E-state index contributed by atoms with van der Waals surface area (Å²) < 4.78 is 6.26. The smallest absolute Gasteiger partial charge is 0.342 e. The molecule has 3 aromatic rings. The fourth-order valence-corrected chi connectivity index (χ4v) is 3.49. The number of carbonyl (C=O) groups excluding carboxylic acids is 1. The number of amides is 1. The van der Waals surface area contributed by atoms with Crippen LogP contribution in [0.4, 0.5) is 0 Å². The highest BCUT2D eigenvalue weighted by atomic mass is 16.6. The van der Waals surface area contributed by atoms with Crippen LogP contribution in [0, 0.1) is 6.92 Å². The lowest BCUT2D eigenvalue weighted by molar-refractivity contribution is -0.131.